The van der Waals surface area contributed by atoms with Crippen LogP contribution in [0.4, 0.5) is 23.3 Å². The van der Waals surface area contributed by atoms with Gasteiger partial charge in [0.2, 0.25) is 5.95 Å². The van der Waals surface area contributed by atoms with Crippen molar-refractivity contribution in [3.8, 4) is 0 Å². The molecule has 0 unspecified atom stereocenters. The van der Waals surface area contributed by atoms with E-state index in [1.54, 1.807) is 13.1 Å². The average Bonchev–Trinajstić information content (AvgIpc) is 3.50. The molecule has 9 heteroatoms. The summed E-state index contributed by atoms with van der Waals surface area (Å²) in [4.78, 5) is 16.3. The van der Waals surface area contributed by atoms with Crippen molar-refractivity contribution in [3.05, 3.63) is 30.1 Å². The van der Waals surface area contributed by atoms with Crippen molar-refractivity contribution in [3.63, 3.8) is 0 Å². The van der Waals surface area contributed by atoms with Gasteiger partial charge in [0.1, 0.15) is 17.2 Å². The lowest BCUT2D eigenvalue weighted by Crippen LogP contribution is -2.53. The van der Waals surface area contributed by atoms with Crippen LogP contribution in [0.3, 0.4) is 0 Å². The van der Waals surface area contributed by atoms with Gasteiger partial charge >= 0.3 is 0 Å². The molecule has 1 saturated heterocycles. The highest BCUT2D eigenvalue weighted by Crippen LogP contribution is 2.39. The summed E-state index contributed by atoms with van der Waals surface area (Å²) in [5.41, 5.74) is 1.90. The van der Waals surface area contributed by atoms with Crippen molar-refractivity contribution in [2.75, 3.05) is 54.9 Å². The largest absolute Gasteiger partial charge is 0.380 e. The monoisotopic (exact) mass is 410 g/mol. The molecule has 160 valence electrons. The van der Waals surface area contributed by atoms with Gasteiger partial charge in [0.15, 0.2) is 5.82 Å². The summed E-state index contributed by atoms with van der Waals surface area (Å²) in [6.07, 6.45) is 4.12. The lowest BCUT2D eigenvalue weighted by atomic mass is 10.2. The molecule has 1 saturated carbocycles. The Morgan fingerprint density at radius 2 is 2.20 bits per heavy atom. The Morgan fingerprint density at radius 3 is 2.90 bits per heavy atom. The van der Waals surface area contributed by atoms with Crippen LogP contribution in [0.1, 0.15) is 32.4 Å². The molecule has 2 aromatic rings. The minimum Gasteiger partial charge on any atom is -0.380 e. The third-order valence-corrected chi connectivity index (χ3v) is 5.43. The number of hydrogen-bond donors (Lipinski definition) is 4. The van der Waals surface area contributed by atoms with Crippen LogP contribution in [-0.4, -0.2) is 65.6 Å². The van der Waals surface area contributed by atoms with Crippen LogP contribution in [0, 0.1) is 5.41 Å². The van der Waals surface area contributed by atoms with E-state index in [1.807, 2.05) is 25.1 Å². The summed E-state index contributed by atoms with van der Waals surface area (Å²) in [5.74, 6) is 1.97. The van der Waals surface area contributed by atoms with Crippen LogP contribution in [0.2, 0.25) is 0 Å². The Balaban J connectivity index is 1.68. The SMILES string of the molecule is CCOCCNc1c(Nc2ccccn2)nc(N2CCNC3(CC3)C2)nc1C(C)=N. The van der Waals surface area contributed by atoms with Crippen molar-refractivity contribution < 1.29 is 4.74 Å². The Labute approximate surface area is 177 Å². The molecule has 0 aromatic carbocycles. The summed E-state index contributed by atoms with van der Waals surface area (Å²) in [7, 11) is 0. The molecule has 2 aromatic heterocycles. The van der Waals surface area contributed by atoms with E-state index in [9.17, 15) is 0 Å². The zero-order valence-corrected chi connectivity index (χ0v) is 17.7. The highest BCUT2D eigenvalue weighted by Gasteiger charge is 2.46. The Hall–Kier alpha value is -2.78. The van der Waals surface area contributed by atoms with Crippen molar-refractivity contribution in [1.29, 1.82) is 5.41 Å². The van der Waals surface area contributed by atoms with Crippen molar-refractivity contribution >= 4 is 29.0 Å². The van der Waals surface area contributed by atoms with Gasteiger partial charge in [0.25, 0.3) is 0 Å². The summed E-state index contributed by atoms with van der Waals surface area (Å²) < 4.78 is 5.46. The van der Waals surface area contributed by atoms with Gasteiger partial charge in [-0.25, -0.2) is 9.97 Å². The minimum absolute atomic E-state index is 0.213. The number of nitrogens with zero attached hydrogens (tertiary/aromatic N) is 4. The summed E-state index contributed by atoms with van der Waals surface area (Å²) in [6, 6.07) is 5.70. The first-order chi connectivity index (χ1) is 14.6. The van der Waals surface area contributed by atoms with E-state index < -0.39 is 0 Å². The zero-order chi connectivity index (χ0) is 21.0. The number of hydrogen-bond acceptors (Lipinski definition) is 9. The zero-order valence-electron chi connectivity index (χ0n) is 17.7. The van der Waals surface area contributed by atoms with E-state index in [2.05, 4.69) is 25.8 Å². The van der Waals surface area contributed by atoms with Gasteiger partial charge in [-0.3, -0.25) is 0 Å². The number of ether oxygens (including phenoxy) is 1. The first-order valence-corrected chi connectivity index (χ1v) is 10.6. The van der Waals surface area contributed by atoms with Gasteiger partial charge in [0.05, 0.1) is 12.3 Å². The highest BCUT2D eigenvalue weighted by molar-refractivity contribution is 6.02. The second-order valence-corrected chi connectivity index (χ2v) is 7.81. The Kier molecular flexibility index (Phi) is 6.10. The van der Waals surface area contributed by atoms with Crippen LogP contribution in [0.15, 0.2) is 24.4 Å². The smallest absolute Gasteiger partial charge is 0.228 e. The molecule has 2 fully saturated rings. The molecule has 0 amide bonds. The molecular weight excluding hydrogens is 380 g/mol. The molecule has 4 rings (SSSR count). The van der Waals surface area contributed by atoms with E-state index in [4.69, 9.17) is 20.1 Å². The molecule has 0 bridgehead atoms. The highest BCUT2D eigenvalue weighted by atomic mass is 16.5. The molecule has 1 aliphatic heterocycles. The van der Waals surface area contributed by atoms with Crippen LogP contribution >= 0.6 is 0 Å². The van der Waals surface area contributed by atoms with Crippen LogP contribution in [-0.2, 0) is 4.74 Å². The summed E-state index contributed by atoms with van der Waals surface area (Å²) in [6.45, 7) is 8.21. The lowest BCUT2D eigenvalue weighted by Gasteiger charge is -2.34. The maximum Gasteiger partial charge on any atom is 0.228 e. The van der Waals surface area contributed by atoms with Gasteiger partial charge in [-0.1, -0.05) is 6.07 Å². The fraction of sp³-hybridized carbons (Fsp3) is 0.524. The summed E-state index contributed by atoms with van der Waals surface area (Å²) >= 11 is 0. The lowest BCUT2D eigenvalue weighted by molar-refractivity contribution is 0.158. The molecule has 30 heavy (non-hydrogen) atoms. The maximum atomic E-state index is 8.33. The predicted molar refractivity (Wildman–Crippen MR) is 119 cm³/mol. The first-order valence-electron chi connectivity index (χ1n) is 10.6. The molecule has 4 N–H and O–H groups in total. The topological polar surface area (TPSA) is 111 Å². The molecule has 9 nitrogen and oxygen atoms in total. The number of rotatable bonds is 9. The van der Waals surface area contributed by atoms with Gasteiger partial charge in [-0.15, -0.1) is 0 Å². The average molecular weight is 411 g/mol. The standard InChI is InChI=1S/C21H30N8O/c1-3-30-13-11-24-18-17(15(2)22)27-20(29-12-10-25-21(14-29)7-8-21)28-19(18)26-16-6-4-5-9-23-16/h4-6,9,22,24-25H,3,7-8,10-14H2,1-2H3,(H,23,26,27,28). The second kappa shape index (κ2) is 8.93. The molecule has 0 atom stereocenters. The number of pyridine rings is 1. The minimum atomic E-state index is 0.213. The third kappa shape index (κ3) is 4.68. The van der Waals surface area contributed by atoms with E-state index in [0.717, 1.165) is 19.6 Å². The molecule has 1 aliphatic carbocycles. The molecular formula is C21H30N8O. The fourth-order valence-electron chi connectivity index (χ4n) is 3.68. The number of aromatic nitrogens is 3. The molecule has 1 spiro atoms. The molecule has 2 aliphatic rings. The van der Waals surface area contributed by atoms with Crippen molar-refractivity contribution in [2.45, 2.75) is 32.2 Å². The van der Waals surface area contributed by atoms with Crippen molar-refractivity contribution in [1.82, 2.24) is 20.3 Å². The van der Waals surface area contributed by atoms with E-state index >= 15 is 0 Å². The van der Waals surface area contributed by atoms with Gasteiger partial charge in [-0.2, -0.15) is 4.98 Å². The number of piperazine rings is 1. The molecule has 3 heterocycles. The Morgan fingerprint density at radius 1 is 1.33 bits per heavy atom. The van der Waals surface area contributed by atoms with E-state index in [1.165, 1.54) is 12.8 Å². The van der Waals surface area contributed by atoms with E-state index in [0.29, 0.717) is 54.4 Å². The van der Waals surface area contributed by atoms with Crippen molar-refractivity contribution in [2.24, 2.45) is 0 Å². The molecule has 0 radical (unpaired) electrons. The van der Waals surface area contributed by atoms with Crippen LogP contribution < -0.4 is 20.9 Å². The number of anilines is 4. The third-order valence-electron chi connectivity index (χ3n) is 5.43. The van der Waals surface area contributed by atoms with Gasteiger partial charge in [0, 0.05) is 44.5 Å². The first kappa shape index (κ1) is 20.5. The summed E-state index contributed by atoms with van der Waals surface area (Å²) in [5, 5.41) is 18.6. The fourth-order valence-corrected chi connectivity index (χ4v) is 3.68. The van der Waals surface area contributed by atoms with Gasteiger partial charge < -0.3 is 31.0 Å². The number of nitrogens with one attached hydrogen (secondary N) is 4. The van der Waals surface area contributed by atoms with Crippen LogP contribution in [0.25, 0.3) is 0 Å². The van der Waals surface area contributed by atoms with E-state index in [-0.39, 0.29) is 5.54 Å². The second-order valence-electron chi connectivity index (χ2n) is 7.81. The normalized spacial score (nSPS) is 17.1. The predicted octanol–water partition coefficient (Wildman–Crippen LogP) is 2.39. The quantitative estimate of drug-likeness (QED) is 0.368. The Bertz CT molecular complexity index is 884. The van der Waals surface area contributed by atoms with Gasteiger partial charge in [-0.05, 0) is 38.8 Å². The van der Waals surface area contributed by atoms with Crippen LogP contribution in [0.5, 0.6) is 0 Å². The maximum absolute atomic E-state index is 8.33.